The quantitative estimate of drug-likeness (QED) is 0.113. The number of aliphatic hydroxyl groups is 21. The SMILES string of the molecule is OCC1C[C@H]2OC3C(CO)O[C@@H](OC4C(CO)O[C@@H](OC5C(CO)O[C@@H](OC6C(CO)O[C@@H](OC7C(CO)OC(OC8C(CO)O[C@@H](OC1[C@H](O)[C@@H]2O)[C@@H](O)[C@H]8O)[C@@H](O)[C@H]7O)[C@@H](O)[C@H]6O)[C@@H](O)[C@H]5O)C(O)[C@H]4O)[C@@H](O)[C@H]3O. The van der Waals surface area contributed by atoms with Crippen molar-refractivity contribution >= 4 is 0 Å². The van der Waals surface area contributed by atoms with E-state index in [1.807, 2.05) is 0 Å². The van der Waals surface area contributed by atoms with E-state index in [1.54, 1.807) is 0 Å². The molecule has 20 aliphatic heterocycles. The predicted molar refractivity (Wildman–Crippen MR) is 232 cm³/mol. The van der Waals surface area contributed by atoms with Crippen molar-refractivity contribution in [3.8, 4) is 0 Å². The van der Waals surface area contributed by atoms with E-state index in [-0.39, 0.29) is 0 Å². The summed E-state index contributed by atoms with van der Waals surface area (Å²) in [6.07, 6.45) is -67.0. The number of hydrogen-bond acceptors (Lipinski definition) is 34. The fraction of sp³-hybridized carbons (Fsp3) is 1.00. The van der Waals surface area contributed by atoms with Gasteiger partial charge in [-0.1, -0.05) is 0 Å². The van der Waals surface area contributed by atoms with E-state index in [0.29, 0.717) is 0 Å². The van der Waals surface area contributed by atoms with Crippen LogP contribution in [0.15, 0.2) is 0 Å². The highest BCUT2D eigenvalue weighted by molar-refractivity contribution is 5.02. The summed E-state index contributed by atoms with van der Waals surface area (Å²) in [4.78, 5) is 0. The molecular formula is C43H72O34. The van der Waals surface area contributed by atoms with Crippen molar-refractivity contribution in [2.24, 2.45) is 5.92 Å². The molecule has 34 heteroatoms. The van der Waals surface area contributed by atoms with E-state index >= 15 is 0 Å². The maximum Gasteiger partial charge on any atom is 0.187 e. The third kappa shape index (κ3) is 12.1. The number of ether oxygens (including phenoxy) is 13. The first-order valence-corrected chi connectivity index (χ1v) is 25.0. The van der Waals surface area contributed by atoms with Crippen molar-refractivity contribution in [1.29, 1.82) is 0 Å². The Bertz CT molecular complexity index is 1470. The highest BCUT2D eigenvalue weighted by Gasteiger charge is 2.59. The van der Waals surface area contributed by atoms with E-state index < -0.39 is 267 Å². The molecule has 35 atom stereocenters. The van der Waals surface area contributed by atoms with Gasteiger partial charge in [0.1, 0.15) is 159 Å². The Morgan fingerprint density at radius 2 is 0.403 bits per heavy atom. The molecule has 21 N–H and O–H groups in total. The van der Waals surface area contributed by atoms with Crippen molar-refractivity contribution < 1.29 is 169 Å². The summed E-state index contributed by atoms with van der Waals surface area (Å²) in [5.41, 5.74) is 0. The summed E-state index contributed by atoms with van der Waals surface area (Å²) >= 11 is 0. The van der Waals surface area contributed by atoms with Crippen LogP contribution in [0, 0.1) is 5.92 Å². The van der Waals surface area contributed by atoms with Crippen molar-refractivity contribution in [1.82, 2.24) is 0 Å². The average molecular weight is 1130 g/mol. The van der Waals surface area contributed by atoms with Gasteiger partial charge in [-0.15, -0.1) is 0 Å². The van der Waals surface area contributed by atoms with Gasteiger partial charge >= 0.3 is 0 Å². The Morgan fingerprint density at radius 1 is 0.208 bits per heavy atom. The molecule has 0 aromatic heterocycles. The average Bonchev–Trinajstić information content (AvgIpc) is 3.47. The molecule has 1 saturated carbocycles. The van der Waals surface area contributed by atoms with Crippen LogP contribution in [0.2, 0.25) is 0 Å². The molecule has 14 bridgehead atoms. The predicted octanol–water partition coefficient (Wildman–Crippen LogP) is -14.6. The van der Waals surface area contributed by atoms with Crippen LogP contribution in [0.5, 0.6) is 0 Å². The second-order valence-corrected chi connectivity index (χ2v) is 20.1. The summed E-state index contributed by atoms with van der Waals surface area (Å²) in [5, 5.41) is 231. The van der Waals surface area contributed by atoms with Crippen LogP contribution >= 0.6 is 0 Å². The zero-order valence-corrected chi connectivity index (χ0v) is 40.6. The first kappa shape index (κ1) is 61.7. The van der Waals surface area contributed by atoms with Gasteiger partial charge in [0.15, 0.2) is 37.7 Å². The van der Waals surface area contributed by atoms with Crippen LogP contribution < -0.4 is 0 Å². The van der Waals surface area contributed by atoms with Crippen molar-refractivity contribution in [3.05, 3.63) is 0 Å². The molecule has 0 radical (unpaired) electrons. The van der Waals surface area contributed by atoms with Crippen LogP contribution in [0.1, 0.15) is 6.42 Å². The van der Waals surface area contributed by atoms with Crippen molar-refractivity contribution in [2.75, 3.05) is 46.2 Å². The van der Waals surface area contributed by atoms with Gasteiger partial charge in [-0.25, -0.2) is 0 Å². The van der Waals surface area contributed by atoms with Crippen LogP contribution in [-0.2, 0) is 61.6 Å². The standard InChI is InChI=1S/C43H72O34/c44-2-9-1-10-17(51)18(52)31(9)72-38-26(60)20(54)33(12(4-46)67-38)74-40-28(62)22(56)35(14(6-48)69-40)76-42-30(64)24(58)37(16(8-50)71-42)77-43-29(63)23(57)36(15(7-49)70-43)75-41-27(61)21(55)34(13(5-47)68-41)73-39-25(59)19(53)32(65-10)11(3-45)66-39/h9-64H,1-8H2/t9?,10-,11?,12?,13?,14?,15?,16?,17-,18-,19-,20-,21-,22-,23-,24-,25+,26+,27?,28+,29+,30+,31?,32?,33?,34?,35?,36?,37?,38+,39+,40?,41+,42+,43+/m1/s1. The summed E-state index contributed by atoms with van der Waals surface area (Å²) < 4.78 is 74.4. The molecule has 0 aromatic rings. The van der Waals surface area contributed by atoms with E-state index in [2.05, 4.69) is 0 Å². The Balaban J connectivity index is 1.08. The minimum atomic E-state index is -2.20. The van der Waals surface area contributed by atoms with Gasteiger partial charge in [-0.3, -0.25) is 0 Å². The number of aliphatic hydroxyl groups excluding tert-OH is 21. The van der Waals surface area contributed by atoms with E-state index in [1.165, 1.54) is 0 Å². The lowest BCUT2D eigenvalue weighted by molar-refractivity contribution is -0.396. The molecule has 21 aliphatic rings. The Labute approximate surface area is 435 Å². The summed E-state index contributed by atoms with van der Waals surface area (Å²) in [7, 11) is 0. The van der Waals surface area contributed by atoms with Gasteiger partial charge in [0, 0.05) is 12.5 Å². The highest BCUT2D eigenvalue weighted by Crippen LogP contribution is 2.40. The van der Waals surface area contributed by atoms with Gasteiger partial charge in [0.25, 0.3) is 0 Å². The number of hydrogen-bond donors (Lipinski definition) is 21. The fourth-order valence-corrected chi connectivity index (χ4v) is 10.9. The van der Waals surface area contributed by atoms with Gasteiger partial charge < -0.3 is 169 Å². The monoisotopic (exact) mass is 1130 g/mol. The zero-order valence-electron chi connectivity index (χ0n) is 40.6. The van der Waals surface area contributed by atoms with Crippen LogP contribution in [-0.4, -0.2) is 362 Å². The van der Waals surface area contributed by atoms with E-state index in [9.17, 15) is 107 Å². The molecule has 34 nitrogen and oxygen atoms in total. The lowest BCUT2D eigenvalue weighted by Gasteiger charge is -2.50. The first-order valence-electron chi connectivity index (χ1n) is 25.0. The second kappa shape index (κ2) is 26.1. The van der Waals surface area contributed by atoms with Gasteiger partial charge in [0.2, 0.25) is 0 Å². The first-order chi connectivity index (χ1) is 36.7. The Kier molecular flexibility index (Phi) is 20.9. The smallest absolute Gasteiger partial charge is 0.187 e. The molecule has 21 rings (SSSR count). The molecule has 77 heavy (non-hydrogen) atoms. The van der Waals surface area contributed by atoms with Crippen LogP contribution in [0.3, 0.4) is 0 Å². The maximum absolute atomic E-state index is 11.4. The lowest BCUT2D eigenvalue weighted by Crippen LogP contribution is -2.68. The second-order valence-electron chi connectivity index (χ2n) is 20.1. The largest absolute Gasteiger partial charge is 0.396 e. The minimum absolute atomic E-state index is 0.427. The molecule has 21 fully saturated rings. The summed E-state index contributed by atoms with van der Waals surface area (Å²) in [6, 6.07) is 0. The highest BCUT2D eigenvalue weighted by atomic mass is 16.8. The Hall–Kier alpha value is -1.36. The maximum atomic E-state index is 11.4. The molecule has 0 amide bonds. The van der Waals surface area contributed by atoms with Gasteiger partial charge in [0.05, 0.1) is 51.8 Å². The summed E-state index contributed by atoms with van der Waals surface area (Å²) in [5.74, 6) is -1.23. The lowest BCUT2D eigenvalue weighted by atomic mass is 9.80. The summed E-state index contributed by atoms with van der Waals surface area (Å²) in [6.45, 7) is -6.98. The molecule has 16 unspecified atom stereocenters. The molecule has 0 spiro atoms. The van der Waals surface area contributed by atoms with Gasteiger partial charge in [-0.05, 0) is 6.42 Å². The molecule has 1 aliphatic carbocycles. The zero-order chi connectivity index (χ0) is 56.1. The molecule has 20 saturated heterocycles. The Morgan fingerprint density at radius 3 is 0.610 bits per heavy atom. The van der Waals surface area contributed by atoms with Gasteiger partial charge in [-0.2, -0.15) is 0 Å². The third-order valence-electron chi connectivity index (χ3n) is 15.3. The van der Waals surface area contributed by atoms with Crippen LogP contribution in [0.4, 0.5) is 0 Å². The molecule has 448 valence electrons. The van der Waals surface area contributed by atoms with E-state index in [0.717, 1.165) is 0 Å². The van der Waals surface area contributed by atoms with E-state index in [4.69, 9.17) is 61.6 Å². The topological polar surface area (TPSA) is 545 Å². The van der Waals surface area contributed by atoms with Crippen molar-refractivity contribution in [2.45, 2.75) is 215 Å². The van der Waals surface area contributed by atoms with Crippen LogP contribution in [0.25, 0.3) is 0 Å². The molecular weight excluding hydrogens is 1060 g/mol. The normalized spacial score (nSPS) is 55.4. The number of rotatable bonds is 7. The third-order valence-corrected chi connectivity index (χ3v) is 15.3. The minimum Gasteiger partial charge on any atom is -0.396 e. The molecule has 20 heterocycles. The van der Waals surface area contributed by atoms with Crippen molar-refractivity contribution in [3.63, 3.8) is 0 Å². The molecule has 0 aromatic carbocycles. The fourth-order valence-electron chi connectivity index (χ4n) is 10.9.